The highest BCUT2D eigenvalue weighted by Crippen LogP contribution is 2.28. The Morgan fingerprint density at radius 2 is 1.38 bits per heavy atom. The summed E-state index contributed by atoms with van der Waals surface area (Å²) in [6, 6.07) is 17.5. The third kappa shape index (κ3) is 1.71. The van der Waals surface area contributed by atoms with Gasteiger partial charge in [0.25, 0.3) is 0 Å². The molecule has 0 unspecified atom stereocenters. The van der Waals surface area contributed by atoms with E-state index in [9.17, 15) is 5.11 Å². The molecule has 0 amide bonds. The number of rotatable bonds is 0. The standard InChI is InChI=1S/C19H12N6O/c26-16-9-3-8-15-19(16)25-21-14-7-2-5-12(18(14)23-25)10-11-4-1-6-13-17(11)22-24(15)20-13/h1-9,26H,10H2/p+2. The normalized spacial score (nSPS) is 12.6. The van der Waals surface area contributed by atoms with Crippen LogP contribution in [0.2, 0.25) is 0 Å². The number of nitrogens with one attached hydrogen (secondary N) is 2. The van der Waals surface area contributed by atoms with Crippen molar-refractivity contribution in [3.05, 3.63) is 65.7 Å². The number of hydrogen-bond acceptors (Lipinski definition) is 3. The zero-order valence-electron chi connectivity index (χ0n) is 13.6. The van der Waals surface area contributed by atoms with Gasteiger partial charge >= 0.3 is 0 Å². The molecule has 124 valence electrons. The highest BCUT2D eigenvalue weighted by atomic mass is 16.3. The van der Waals surface area contributed by atoms with Crippen LogP contribution in [0, 0.1) is 0 Å². The number of H-pyrrole nitrogens is 2. The van der Waals surface area contributed by atoms with Gasteiger partial charge in [0.05, 0.1) is 10.2 Å². The van der Waals surface area contributed by atoms with Gasteiger partial charge in [0.15, 0.2) is 5.69 Å². The Morgan fingerprint density at radius 1 is 0.769 bits per heavy atom. The van der Waals surface area contributed by atoms with Crippen molar-refractivity contribution in [1.82, 2.24) is 19.8 Å². The van der Waals surface area contributed by atoms with Crippen LogP contribution in [0.15, 0.2) is 54.6 Å². The summed E-state index contributed by atoms with van der Waals surface area (Å²) in [5, 5.41) is 26.6. The van der Waals surface area contributed by atoms with Gasteiger partial charge < -0.3 is 5.11 Å². The predicted molar refractivity (Wildman–Crippen MR) is 93.3 cm³/mol. The molecule has 0 aliphatic carbocycles. The molecule has 5 aromatic rings. The van der Waals surface area contributed by atoms with Crippen molar-refractivity contribution in [2.75, 3.05) is 0 Å². The predicted octanol–water partition coefficient (Wildman–Crippen LogP) is 1.60. The van der Waals surface area contributed by atoms with Crippen molar-refractivity contribution in [3.63, 3.8) is 0 Å². The van der Waals surface area contributed by atoms with E-state index in [0.717, 1.165) is 39.6 Å². The SMILES string of the molecule is Oc1cccc2c1-n1nc3cccc(c3[nH+]1)Cc1cccc3nn-2[nH+]c13. The van der Waals surface area contributed by atoms with Crippen LogP contribution >= 0.6 is 0 Å². The van der Waals surface area contributed by atoms with Gasteiger partial charge in [-0.3, -0.25) is 0 Å². The van der Waals surface area contributed by atoms with E-state index in [-0.39, 0.29) is 5.75 Å². The summed E-state index contributed by atoms with van der Waals surface area (Å²) in [4.78, 5) is 3.30. The summed E-state index contributed by atoms with van der Waals surface area (Å²) >= 11 is 0. The Kier molecular flexibility index (Phi) is 2.43. The first-order valence-corrected chi connectivity index (χ1v) is 8.40. The molecular weight excluding hydrogens is 328 g/mol. The molecule has 2 aromatic heterocycles. The second kappa shape index (κ2) is 4.66. The minimum absolute atomic E-state index is 0.125. The lowest BCUT2D eigenvalue weighted by molar-refractivity contribution is -0.460. The van der Waals surface area contributed by atoms with Crippen LogP contribution in [0.5, 0.6) is 5.75 Å². The molecule has 0 spiro atoms. The molecule has 0 atom stereocenters. The van der Waals surface area contributed by atoms with Crippen LogP contribution in [0.25, 0.3) is 33.4 Å². The average Bonchev–Trinajstić information content (AvgIpc) is 3.25. The molecule has 6 rings (SSSR count). The number of aromatic nitrogens is 6. The summed E-state index contributed by atoms with van der Waals surface area (Å²) < 4.78 is 0. The molecule has 7 heteroatoms. The van der Waals surface area contributed by atoms with E-state index in [0.29, 0.717) is 11.4 Å². The second-order valence-corrected chi connectivity index (χ2v) is 6.49. The van der Waals surface area contributed by atoms with E-state index in [1.165, 1.54) is 0 Å². The van der Waals surface area contributed by atoms with Crippen LogP contribution in [0.1, 0.15) is 11.1 Å². The van der Waals surface area contributed by atoms with E-state index >= 15 is 0 Å². The summed E-state index contributed by atoms with van der Waals surface area (Å²) in [5.74, 6) is 0.125. The smallest absolute Gasteiger partial charge is 0.249 e. The molecule has 0 radical (unpaired) electrons. The number of aromatic hydroxyl groups is 1. The van der Waals surface area contributed by atoms with Crippen LogP contribution in [0.4, 0.5) is 0 Å². The van der Waals surface area contributed by atoms with Crippen LogP contribution in [-0.4, -0.2) is 24.9 Å². The lowest BCUT2D eigenvalue weighted by atomic mass is 10.0. The van der Waals surface area contributed by atoms with Gasteiger partial charge in [-0.2, -0.15) is 10.2 Å². The molecule has 3 heterocycles. The number of aromatic amines is 2. The molecule has 1 aliphatic heterocycles. The van der Waals surface area contributed by atoms with E-state index < -0.39 is 0 Å². The van der Waals surface area contributed by atoms with Gasteiger partial charge in [-0.25, -0.2) is 0 Å². The van der Waals surface area contributed by atoms with Crippen molar-refractivity contribution in [1.29, 1.82) is 0 Å². The number of fused-ring (bicyclic) bond motifs is 5. The Hall–Kier alpha value is -3.74. The maximum atomic E-state index is 10.6. The van der Waals surface area contributed by atoms with Crippen LogP contribution < -0.4 is 10.2 Å². The fourth-order valence-electron chi connectivity index (χ4n) is 3.70. The first-order valence-electron chi connectivity index (χ1n) is 8.40. The monoisotopic (exact) mass is 342 g/mol. The maximum absolute atomic E-state index is 10.6. The van der Waals surface area contributed by atoms with Gasteiger partial charge in [0.1, 0.15) is 5.75 Å². The third-order valence-corrected chi connectivity index (χ3v) is 4.92. The number of benzene rings is 3. The molecule has 1 aliphatic rings. The molecule has 0 saturated heterocycles. The van der Waals surface area contributed by atoms with Gasteiger partial charge in [-0.1, -0.05) is 30.3 Å². The summed E-state index contributed by atoms with van der Waals surface area (Å²) in [5.41, 5.74) is 7.23. The number of hydrogen-bond donors (Lipinski definition) is 1. The summed E-state index contributed by atoms with van der Waals surface area (Å²) in [6.07, 6.45) is 0.751. The summed E-state index contributed by atoms with van der Waals surface area (Å²) in [6.45, 7) is 0. The number of nitrogens with zero attached hydrogens (tertiary/aromatic N) is 4. The first-order chi connectivity index (χ1) is 12.8. The van der Waals surface area contributed by atoms with Crippen LogP contribution in [-0.2, 0) is 6.42 Å². The minimum atomic E-state index is 0.125. The second-order valence-electron chi connectivity index (χ2n) is 6.49. The molecule has 4 bridgehead atoms. The minimum Gasteiger partial charge on any atom is -0.505 e. The highest BCUT2D eigenvalue weighted by molar-refractivity contribution is 5.79. The third-order valence-electron chi connectivity index (χ3n) is 4.92. The summed E-state index contributed by atoms with van der Waals surface area (Å²) in [7, 11) is 0. The Morgan fingerprint density at radius 3 is 2.12 bits per heavy atom. The van der Waals surface area contributed by atoms with E-state index in [2.05, 4.69) is 32.5 Å². The lowest BCUT2D eigenvalue weighted by Crippen LogP contribution is -2.24. The van der Waals surface area contributed by atoms with Gasteiger partial charge in [-0.15, -0.1) is 0 Å². The largest absolute Gasteiger partial charge is 0.505 e. The van der Waals surface area contributed by atoms with Crippen molar-refractivity contribution in [2.45, 2.75) is 6.42 Å². The maximum Gasteiger partial charge on any atom is 0.249 e. The molecular formula is C19H14N6O+2. The Bertz CT molecular complexity index is 1330. The van der Waals surface area contributed by atoms with Crippen molar-refractivity contribution < 1.29 is 15.3 Å². The van der Waals surface area contributed by atoms with Crippen LogP contribution in [0.3, 0.4) is 0 Å². The molecule has 26 heavy (non-hydrogen) atoms. The average molecular weight is 342 g/mol. The van der Waals surface area contributed by atoms with E-state index in [1.807, 2.05) is 30.3 Å². The first kappa shape index (κ1) is 13.5. The molecule has 3 aromatic carbocycles. The van der Waals surface area contributed by atoms with Gasteiger partial charge in [0.2, 0.25) is 27.8 Å². The van der Waals surface area contributed by atoms with Gasteiger partial charge in [0, 0.05) is 17.5 Å². The fraction of sp³-hybridized carbons (Fsp3) is 0.0526. The molecule has 0 fully saturated rings. The van der Waals surface area contributed by atoms with E-state index in [4.69, 9.17) is 0 Å². The van der Waals surface area contributed by atoms with Crippen molar-refractivity contribution in [3.8, 4) is 17.1 Å². The zero-order chi connectivity index (χ0) is 17.3. The molecule has 0 saturated carbocycles. The van der Waals surface area contributed by atoms with E-state index in [1.54, 1.807) is 21.7 Å². The topological polar surface area (TPSA) is 84.1 Å². The fourth-order valence-corrected chi connectivity index (χ4v) is 3.70. The Balaban J connectivity index is 1.84. The van der Waals surface area contributed by atoms with Gasteiger partial charge in [-0.05, 0) is 33.9 Å². The quantitative estimate of drug-likeness (QED) is 0.455. The number of para-hydroxylation sites is 3. The van der Waals surface area contributed by atoms with Crippen molar-refractivity contribution in [2.24, 2.45) is 0 Å². The number of phenolic OH excluding ortho intramolecular Hbond substituents is 1. The zero-order valence-corrected chi connectivity index (χ0v) is 13.6. The van der Waals surface area contributed by atoms with Crippen molar-refractivity contribution >= 4 is 22.1 Å². The molecule has 3 N–H and O–H groups in total. The molecule has 7 nitrogen and oxygen atoms in total. The number of phenols is 1. The lowest BCUT2D eigenvalue weighted by Gasteiger charge is -2.02. The highest BCUT2D eigenvalue weighted by Gasteiger charge is 2.27. The Labute approximate surface area is 147 Å².